The third kappa shape index (κ3) is 3.02. The summed E-state index contributed by atoms with van der Waals surface area (Å²) in [4.78, 5) is 12.4. The molecule has 24 heavy (non-hydrogen) atoms. The minimum absolute atomic E-state index is 0.00552. The van der Waals surface area contributed by atoms with Crippen molar-refractivity contribution < 1.29 is 19.7 Å². The van der Waals surface area contributed by atoms with Gasteiger partial charge in [0.15, 0.2) is 0 Å². The second kappa shape index (κ2) is 6.43. The number of hydrogen-bond acceptors (Lipinski definition) is 5. The first-order valence-corrected chi connectivity index (χ1v) is 9.17. The van der Waals surface area contributed by atoms with E-state index in [0.29, 0.717) is 12.5 Å². The minimum atomic E-state index is -0.768. The van der Waals surface area contributed by atoms with Crippen molar-refractivity contribution in [2.75, 3.05) is 19.8 Å². The quantitative estimate of drug-likeness (QED) is 0.525. The van der Waals surface area contributed by atoms with E-state index >= 15 is 0 Å². The monoisotopic (exact) mass is 337 g/mol. The molecular formula is C19H31NO4. The topological polar surface area (TPSA) is 78.8 Å². The van der Waals surface area contributed by atoms with E-state index in [2.05, 4.69) is 18.8 Å². The molecule has 0 radical (unpaired) electrons. The normalized spacial score (nSPS) is 39.3. The fourth-order valence-corrected chi connectivity index (χ4v) is 5.01. The molecule has 3 rings (SSSR count). The molecule has 136 valence electrons. The van der Waals surface area contributed by atoms with Crippen LogP contribution in [0, 0.1) is 23.2 Å². The van der Waals surface area contributed by atoms with Crippen LogP contribution in [0.4, 0.5) is 0 Å². The van der Waals surface area contributed by atoms with Gasteiger partial charge in [0.05, 0.1) is 24.7 Å². The van der Waals surface area contributed by atoms with Gasteiger partial charge in [-0.2, -0.15) is 0 Å². The Labute approximate surface area is 144 Å². The van der Waals surface area contributed by atoms with Crippen LogP contribution in [0.2, 0.25) is 0 Å². The molecule has 2 saturated carbocycles. The SMILES string of the molecule is C=C1CCC[C@]2(C)C[C@H]3OC(=O)[C@H](CNC(C)(CO)CO)[C@H]3C[C@@H]12. The van der Waals surface area contributed by atoms with E-state index in [0.717, 1.165) is 19.3 Å². The van der Waals surface area contributed by atoms with E-state index in [4.69, 9.17) is 4.74 Å². The molecule has 0 amide bonds. The van der Waals surface area contributed by atoms with Crippen molar-refractivity contribution in [2.24, 2.45) is 23.2 Å². The van der Waals surface area contributed by atoms with Crippen LogP contribution in [0.1, 0.15) is 46.0 Å². The molecule has 3 fully saturated rings. The smallest absolute Gasteiger partial charge is 0.310 e. The number of ether oxygens (including phenoxy) is 1. The van der Waals surface area contributed by atoms with Crippen LogP contribution in [0.3, 0.4) is 0 Å². The number of fused-ring (bicyclic) bond motifs is 2. The molecule has 1 saturated heterocycles. The van der Waals surface area contributed by atoms with Crippen LogP contribution in [-0.2, 0) is 9.53 Å². The fraction of sp³-hybridized carbons (Fsp3) is 0.842. The lowest BCUT2D eigenvalue weighted by Gasteiger charge is -2.50. The number of nitrogens with one attached hydrogen (secondary N) is 1. The van der Waals surface area contributed by atoms with Gasteiger partial charge in [0.2, 0.25) is 0 Å². The summed E-state index contributed by atoms with van der Waals surface area (Å²) < 4.78 is 5.73. The largest absolute Gasteiger partial charge is 0.462 e. The Hall–Kier alpha value is -0.910. The van der Waals surface area contributed by atoms with Gasteiger partial charge in [0.25, 0.3) is 0 Å². The van der Waals surface area contributed by atoms with Crippen molar-refractivity contribution >= 4 is 5.97 Å². The highest BCUT2D eigenvalue weighted by Gasteiger charge is 2.55. The van der Waals surface area contributed by atoms with Gasteiger partial charge in [0.1, 0.15) is 6.10 Å². The first-order chi connectivity index (χ1) is 11.3. The number of hydrogen-bond donors (Lipinski definition) is 3. The van der Waals surface area contributed by atoms with Crippen LogP contribution in [-0.4, -0.2) is 47.6 Å². The number of esters is 1. The van der Waals surface area contributed by atoms with E-state index in [9.17, 15) is 15.0 Å². The van der Waals surface area contributed by atoms with Crippen LogP contribution < -0.4 is 5.32 Å². The van der Waals surface area contributed by atoms with Gasteiger partial charge in [-0.05, 0) is 50.4 Å². The Morgan fingerprint density at radius 1 is 1.42 bits per heavy atom. The zero-order chi connectivity index (χ0) is 17.5. The molecule has 2 aliphatic carbocycles. The van der Waals surface area contributed by atoms with Crippen molar-refractivity contribution in [3.8, 4) is 0 Å². The molecule has 3 aliphatic rings. The lowest BCUT2D eigenvalue weighted by Crippen LogP contribution is -2.52. The van der Waals surface area contributed by atoms with E-state index < -0.39 is 5.54 Å². The molecule has 0 aromatic heterocycles. The average Bonchev–Trinajstić information content (AvgIpc) is 2.84. The predicted octanol–water partition coefficient (Wildman–Crippen LogP) is 1.63. The van der Waals surface area contributed by atoms with Crippen LogP contribution in [0.15, 0.2) is 12.2 Å². The second-order valence-electron chi connectivity index (χ2n) is 8.66. The van der Waals surface area contributed by atoms with E-state index in [1.54, 1.807) is 6.92 Å². The maximum absolute atomic E-state index is 12.4. The summed E-state index contributed by atoms with van der Waals surface area (Å²) in [5.41, 5.74) is 0.781. The van der Waals surface area contributed by atoms with Crippen molar-refractivity contribution in [1.82, 2.24) is 5.32 Å². The molecule has 0 spiro atoms. The summed E-state index contributed by atoms with van der Waals surface area (Å²) in [6.07, 6.45) is 5.38. The molecule has 0 unspecified atom stereocenters. The molecule has 5 nitrogen and oxygen atoms in total. The Kier molecular flexibility index (Phi) is 4.80. The molecule has 1 aliphatic heterocycles. The summed E-state index contributed by atoms with van der Waals surface area (Å²) in [5.74, 6) is 0.349. The van der Waals surface area contributed by atoms with Gasteiger partial charge in [-0.3, -0.25) is 4.79 Å². The van der Waals surface area contributed by atoms with Crippen molar-refractivity contribution in [3.63, 3.8) is 0 Å². The first kappa shape index (κ1) is 17.9. The number of carbonyl (C=O) groups is 1. The van der Waals surface area contributed by atoms with Gasteiger partial charge in [-0.15, -0.1) is 0 Å². The Morgan fingerprint density at radius 3 is 2.79 bits per heavy atom. The molecule has 5 heteroatoms. The number of allylic oxidation sites excluding steroid dienone is 1. The zero-order valence-electron chi connectivity index (χ0n) is 14.9. The van der Waals surface area contributed by atoms with Gasteiger partial charge >= 0.3 is 5.97 Å². The number of aliphatic hydroxyl groups is 2. The Balaban J connectivity index is 1.72. The van der Waals surface area contributed by atoms with Gasteiger partial charge in [0, 0.05) is 12.5 Å². The molecule has 0 aromatic carbocycles. The Morgan fingerprint density at radius 2 is 2.12 bits per heavy atom. The lowest BCUT2D eigenvalue weighted by molar-refractivity contribution is -0.146. The van der Waals surface area contributed by atoms with Crippen molar-refractivity contribution in [3.05, 3.63) is 12.2 Å². The van der Waals surface area contributed by atoms with Gasteiger partial charge in [-0.1, -0.05) is 19.1 Å². The van der Waals surface area contributed by atoms with Gasteiger partial charge < -0.3 is 20.3 Å². The molecule has 0 bridgehead atoms. The average molecular weight is 337 g/mol. The van der Waals surface area contributed by atoms with Crippen LogP contribution >= 0.6 is 0 Å². The summed E-state index contributed by atoms with van der Waals surface area (Å²) in [7, 11) is 0. The van der Waals surface area contributed by atoms with E-state index in [1.807, 2.05) is 0 Å². The van der Waals surface area contributed by atoms with Gasteiger partial charge in [-0.25, -0.2) is 0 Å². The first-order valence-electron chi connectivity index (χ1n) is 9.17. The highest BCUT2D eigenvalue weighted by molar-refractivity contribution is 5.75. The maximum atomic E-state index is 12.4. The van der Waals surface area contributed by atoms with Crippen molar-refractivity contribution in [1.29, 1.82) is 0 Å². The minimum Gasteiger partial charge on any atom is -0.462 e. The zero-order valence-corrected chi connectivity index (χ0v) is 14.9. The molecule has 3 N–H and O–H groups in total. The fourth-order valence-electron chi connectivity index (χ4n) is 5.01. The van der Waals surface area contributed by atoms with Crippen LogP contribution in [0.5, 0.6) is 0 Å². The summed E-state index contributed by atoms with van der Waals surface area (Å²) in [6.45, 7) is 8.49. The number of aliphatic hydroxyl groups excluding tert-OH is 2. The maximum Gasteiger partial charge on any atom is 0.310 e. The summed E-state index contributed by atoms with van der Waals surface area (Å²) in [5, 5.41) is 22.0. The number of rotatable bonds is 5. The third-order valence-corrected chi connectivity index (χ3v) is 6.77. The standard InChI is InChI=1S/C19H31NO4/c1-12-5-4-6-18(2)8-16-13(7-15(12)18)14(17(23)24-16)9-20-19(3,10-21)11-22/h13-16,20-22H,1,4-11H2,2-3H3/t13-,14-,15+,16-,18-/m1/s1. The Bertz CT molecular complexity index is 515. The summed E-state index contributed by atoms with van der Waals surface area (Å²) >= 11 is 0. The predicted molar refractivity (Wildman–Crippen MR) is 91.3 cm³/mol. The number of carbonyl (C=O) groups excluding carboxylic acids is 1. The molecular weight excluding hydrogens is 306 g/mol. The molecule has 0 aromatic rings. The van der Waals surface area contributed by atoms with Crippen LogP contribution in [0.25, 0.3) is 0 Å². The third-order valence-electron chi connectivity index (χ3n) is 6.77. The molecule has 5 atom stereocenters. The second-order valence-corrected chi connectivity index (χ2v) is 8.66. The van der Waals surface area contributed by atoms with E-state index in [-0.39, 0.29) is 42.5 Å². The van der Waals surface area contributed by atoms with Crippen molar-refractivity contribution in [2.45, 2.75) is 57.6 Å². The van der Waals surface area contributed by atoms with E-state index in [1.165, 1.54) is 18.4 Å². The highest BCUT2D eigenvalue weighted by Crippen LogP contribution is 2.56. The lowest BCUT2D eigenvalue weighted by atomic mass is 9.55. The molecule has 1 heterocycles. The summed E-state index contributed by atoms with van der Waals surface area (Å²) in [6, 6.07) is 0. The highest BCUT2D eigenvalue weighted by atomic mass is 16.6.